The van der Waals surface area contributed by atoms with Gasteiger partial charge in [0.15, 0.2) is 0 Å². The molecule has 2 rings (SSSR count). The number of hydrogen-bond donors (Lipinski definition) is 1. The first kappa shape index (κ1) is 10.9. The first-order chi connectivity index (χ1) is 7.92. The molecule has 0 aliphatic heterocycles. The van der Waals surface area contributed by atoms with Crippen LogP contribution in [0, 0.1) is 7.05 Å². The standard InChI is InChI=1S/C15H17N/c1-16-12-15(13-8-4-2-5-9-13)14-10-6-3-7-11-14/h2-11,15H,1,12,16H2. The summed E-state index contributed by atoms with van der Waals surface area (Å²) < 4.78 is 0. The van der Waals surface area contributed by atoms with Crippen LogP contribution < -0.4 is 5.32 Å². The highest BCUT2D eigenvalue weighted by Crippen LogP contribution is 2.22. The Bertz CT molecular complexity index is 368. The molecule has 0 atom stereocenters. The summed E-state index contributed by atoms with van der Waals surface area (Å²) in [5.41, 5.74) is 2.71. The molecule has 0 aliphatic rings. The van der Waals surface area contributed by atoms with Gasteiger partial charge in [-0.05, 0) is 11.1 Å². The van der Waals surface area contributed by atoms with Crippen LogP contribution in [0.15, 0.2) is 60.7 Å². The molecule has 0 aliphatic carbocycles. The second kappa shape index (κ2) is 5.47. The van der Waals surface area contributed by atoms with Crippen LogP contribution >= 0.6 is 0 Å². The molecule has 0 unspecified atom stereocenters. The second-order valence-electron chi connectivity index (χ2n) is 3.90. The first-order valence-electron chi connectivity index (χ1n) is 5.62. The minimum absolute atomic E-state index is 0.430. The van der Waals surface area contributed by atoms with Crippen LogP contribution in [0.3, 0.4) is 0 Å². The number of quaternary nitrogens is 1. The Kier molecular flexibility index (Phi) is 3.73. The normalized spacial score (nSPS) is 10.6. The van der Waals surface area contributed by atoms with E-state index in [0.29, 0.717) is 5.92 Å². The van der Waals surface area contributed by atoms with Crippen LogP contribution in [0.2, 0.25) is 0 Å². The van der Waals surface area contributed by atoms with Gasteiger partial charge in [0.05, 0.1) is 12.5 Å². The first-order valence-corrected chi connectivity index (χ1v) is 5.62. The molecule has 0 saturated heterocycles. The molecule has 0 radical (unpaired) electrons. The molecule has 0 heterocycles. The van der Waals surface area contributed by atoms with E-state index in [1.165, 1.54) is 11.1 Å². The maximum atomic E-state index is 3.85. The van der Waals surface area contributed by atoms with Crippen molar-refractivity contribution in [1.82, 2.24) is 0 Å². The summed E-state index contributed by atoms with van der Waals surface area (Å²) in [5.74, 6) is 0.430. The van der Waals surface area contributed by atoms with E-state index in [4.69, 9.17) is 0 Å². The van der Waals surface area contributed by atoms with E-state index in [0.717, 1.165) is 6.54 Å². The molecule has 1 heteroatoms. The van der Waals surface area contributed by atoms with E-state index < -0.39 is 0 Å². The second-order valence-corrected chi connectivity index (χ2v) is 3.90. The predicted molar refractivity (Wildman–Crippen MR) is 66.9 cm³/mol. The molecule has 1 nitrogen and oxygen atoms in total. The molecule has 16 heavy (non-hydrogen) atoms. The Hall–Kier alpha value is -1.60. The van der Waals surface area contributed by atoms with Crippen LogP contribution in [0.25, 0.3) is 0 Å². The summed E-state index contributed by atoms with van der Waals surface area (Å²) in [6.45, 7) is 0.980. The molecule has 2 N–H and O–H groups in total. The van der Waals surface area contributed by atoms with Gasteiger partial charge in [0.2, 0.25) is 0 Å². The van der Waals surface area contributed by atoms with Crippen LogP contribution in [0.4, 0.5) is 0 Å². The zero-order chi connectivity index (χ0) is 11.2. The third-order valence-electron chi connectivity index (χ3n) is 2.81. The Labute approximate surface area is 97.1 Å². The predicted octanol–water partition coefficient (Wildman–Crippen LogP) is 2.17. The average Bonchev–Trinajstić information content (AvgIpc) is 2.38. The Morgan fingerprint density at radius 2 is 1.25 bits per heavy atom. The molecule has 0 bridgehead atoms. The van der Waals surface area contributed by atoms with E-state index >= 15 is 0 Å². The smallest absolute Gasteiger partial charge is 0.0626 e. The lowest BCUT2D eigenvalue weighted by molar-refractivity contribution is -0.597. The monoisotopic (exact) mass is 211 g/mol. The molecule has 82 valence electrons. The SMILES string of the molecule is [CH2-][NH2+]CC(c1ccccc1)c1ccccc1. The van der Waals surface area contributed by atoms with Gasteiger partial charge in [-0.3, -0.25) is 0 Å². The average molecular weight is 211 g/mol. The summed E-state index contributed by atoms with van der Waals surface area (Å²) in [7, 11) is 3.85. The third-order valence-corrected chi connectivity index (χ3v) is 2.81. The van der Waals surface area contributed by atoms with Crippen molar-refractivity contribution in [1.29, 1.82) is 0 Å². The maximum absolute atomic E-state index is 3.85. The Morgan fingerprint density at radius 3 is 1.62 bits per heavy atom. The summed E-state index contributed by atoms with van der Waals surface area (Å²) in [6.07, 6.45) is 0. The summed E-state index contributed by atoms with van der Waals surface area (Å²) in [6, 6.07) is 21.2. The van der Waals surface area contributed by atoms with Gasteiger partial charge in [-0.25, -0.2) is 0 Å². The summed E-state index contributed by atoms with van der Waals surface area (Å²) in [5, 5.41) is 1.99. The van der Waals surface area contributed by atoms with E-state index in [1.54, 1.807) is 0 Å². The van der Waals surface area contributed by atoms with E-state index in [-0.39, 0.29) is 0 Å². The molecule has 2 aromatic rings. The number of benzene rings is 2. The summed E-state index contributed by atoms with van der Waals surface area (Å²) >= 11 is 0. The molecule has 0 spiro atoms. The van der Waals surface area contributed by atoms with Crippen molar-refractivity contribution in [2.45, 2.75) is 5.92 Å². The highest BCUT2D eigenvalue weighted by Gasteiger charge is 2.13. The lowest BCUT2D eigenvalue weighted by Crippen LogP contribution is -2.78. The van der Waals surface area contributed by atoms with Gasteiger partial charge < -0.3 is 5.32 Å². The molecule has 2 aromatic carbocycles. The lowest BCUT2D eigenvalue weighted by Gasteiger charge is -2.17. The van der Waals surface area contributed by atoms with Crippen LogP contribution in [-0.4, -0.2) is 6.54 Å². The van der Waals surface area contributed by atoms with Gasteiger partial charge in [0, 0.05) is 0 Å². The zero-order valence-corrected chi connectivity index (χ0v) is 9.34. The number of nitrogens with two attached hydrogens (primary N) is 1. The fraction of sp³-hybridized carbons (Fsp3) is 0.133. The van der Waals surface area contributed by atoms with Crippen LogP contribution in [0.1, 0.15) is 17.0 Å². The fourth-order valence-corrected chi connectivity index (χ4v) is 2.00. The van der Waals surface area contributed by atoms with E-state index in [2.05, 4.69) is 67.7 Å². The van der Waals surface area contributed by atoms with Crippen molar-refractivity contribution in [2.75, 3.05) is 6.54 Å². The minimum atomic E-state index is 0.430. The highest BCUT2D eigenvalue weighted by molar-refractivity contribution is 5.32. The molecule has 0 aromatic heterocycles. The Balaban J connectivity index is 2.31. The van der Waals surface area contributed by atoms with Gasteiger partial charge in [0.25, 0.3) is 0 Å². The Morgan fingerprint density at radius 1 is 0.812 bits per heavy atom. The highest BCUT2D eigenvalue weighted by atomic mass is 14.8. The van der Waals surface area contributed by atoms with Crippen LogP contribution in [-0.2, 0) is 0 Å². The van der Waals surface area contributed by atoms with Gasteiger partial charge >= 0.3 is 0 Å². The quantitative estimate of drug-likeness (QED) is 0.746. The van der Waals surface area contributed by atoms with Gasteiger partial charge in [-0.2, -0.15) is 7.05 Å². The van der Waals surface area contributed by atoms with E-state index in [9.17, 15) is 0 Å². The maximum Gasteiger partial charge on any atom is 0.0626 e. The molecule has 0 saturated carbocycles. The third kappa shape index (κ3) is 2.50. The minimum Gasteiger partial charge on any atom is -0.478 e. The summed E-state index contributed by atoms with van der Waals surface area (Å²) in [4.78, 5) is 0. The van der Waals surface area contributed by atoms with Crippen molar-refractivity contribution >= 4 is 0 Å². The van der Waals surface area contributed by atoms with Crippen molar-refractivity contribution in [3.63, 3.8) is 0 Å². The van der Waals surface area contributed by atoms with Gasteiger partial charge in [0.1, 0.15) is 0 Å². The molecule has 0 amide bonds. The number of rotatable bonds is 4. The zero-order valence-electron chi connectivity index (χ0n) is 9.34. The molecular weight excluding hydrogens is 194 g/mol. The molecular formula is C15H17N. The van der Waals surface area contributed by atoms with Crippen molar-refractivity contribution in [2.24, 2.45) is 0 Å². The van der Waals surface area contributed by atoms with Gasteiger partial charge in [-0.1, -0.05) is 60.7 Å². The van der Waals surface area contributed by atoms with Crippen molar-refractivity contribution in [3.05, 3.63) is 78.8 Å². The lowest BCUT2D eigenvalue weighted by atomic mass is 9.91. The molecule has 0 fully saturated rings. The topological polar surface area (TPSA) is 16.6 Å². The van der Waals surface area contributed by atoms with Gasteiger partial charge in [-0.15, -0.1) is 0 Å². The fourth-order valence-electron chi connectivity index (χ4n) is 2.00. The number of hydrogen-bond acceptors (Lipinski definition) is 0. The van der Waals surface area contributed by atoms with Crippen LogP contribution in [0.5, 0.6) is 0 Å². The van der Waals surface area contributed by atoms with Crippen molar-refractivity contribution in [3.8, 4) is 0 Å². The largest absolute Gasteiger partial charge is 0.478 e. The van der Waals surface area contributed by atoms with E-state index in [1.807, 2.05) is 5.32 Å². The van der Waals surface area contributed by atoms with Crippen molar-refractivity contribution < 1.29 is 5.32 Å².